The van der Waals surface area contributed by atoms with E-state index < -0.39 is 0 Å². The number of rotatable bonds is 4. The third-order valence-corrected chi connectivity index (χ3v) is 6.13. The van der Waals surface area contributed by atoms with Gasteiger partial charge in [0.2, 0.25) is 0 Å². The average molecular weight is 395 g/mol. The van der Waals surface area contributed by atoms with Gasteiger partial charge in [-0.2, -0.15) is 0 Å². The predicted octanol–water partition coefficient (Wildman–Crippen LogP) is 6.20. The molecule has 25 heavy (non-hydrogen) atoms. The van der Waals surface area contributed by atoms with Gasteiger partial charge in [0.05, 0.1) is 10.6 Å². The van der Waals surface area contributed by atoms with Gasteiger partial charge in [0, 0.05) is 28.0 Å². The minimum Gasteiger partial charge on any atom is -0.332 e. The molecular weight excluding hydrogens is 377 g/mol. The van der Waals surface area contributed by atoms with Crippen LogP contribution in [0.15, 0.2) is 42.5 Å². The number of carbonyl (C=O) groups is 1. The zero-order valence-electron chi connectivity index (χ0n) is 13.6. The Morgan fingerprint density at radius 3 is 2.28 bits per heavy atom. The Morgan fingerprint density at radius 2 is 1.68 bits per heavy atom. The normalized spacial score (nSPS) is 22.4. The van der Waals surface area contributed by atoms with Crippen LogP contribution in [0.3, 0.4) is 0 Å². The third kappa shape index (κ3) is 3.28. The molecule has 0 bridgehead atoms. The molecule has 0 spiro atoms. The van der Waals surface area contributed by atoms with E-state index >= 15 is 0 Å². The molecule has 5 heteroatoms. The molecule has 0 saturated heterocycles. The molecule has 2 aromatic rings. The number of amides is 1. The molecule has 2 saturated carbocycles. The van der Waals surface area contributed by atoms with Crippen LogP contribution in [-0.4, -0.2) is 22.9 Å². The molecule has 0 aromatic heterocycles. The van der Waals surface area contributed by atoms with Crippen molar-refractivity contribution in [1.29, 1.82) is 0 Å². The number of hydrogen-bond acceptors (Lipinski definition) is 1. The molecule has 0 aliphatic heterocycles. The second kappa shape index (κ2) is 6.83. The minimum absolute atomic E-state index is 0.0351. The lowest BCUT2D eigenvalue weighted by Crippen LogP contribution is -2.50. The van der Waals surface area contributed by atoms with Crippen LogP contribution < -0.4 is 0 Å². The van der Waals surface area contributed by atoms with E-state index in [9.17, 15) is 4.79 Å². The van der Waals surface area contributed by atoms with Gasteiger partial charge in [-0.1, -0.05) is 53.0 Å². The first-order valence-electron chi connectivity index (χ1n) is 8.58. The van der Waals surface area contributed by atoms with E-state index in [4.69, 9.17) is 34.8 Å². The molecule has 0 radical (unpaired) electrons. The molecule has 2 fully saturated rings. The summed E-state index contributed by atoms with van der Waals surface area (Å²) in [7, 11) is 0. The van der Waals surface area contributed by atoms with Crippen LogP contribution in [0.5, 0.6) is 0 Å². The molecule has 2 nitrogen and oxygen atoms in total. The number of nitrogens with zero attached hydrogens (tertiary/aromatic N) is 1. The lowest BCUT2D eigenvalue weighted by Gasteiger charge is -2.45. The number of halogens is 3. The Balaban J connectivity index is 1.63. The first-order chi connectivity index (χ1) is 12.1. The molecule has 2 aromatic carbocycles. The topological polar surface area (TPSA) is 20.3 Å². The second-order valence-electron chi connectivity index (χ2n) is 6.84. The quantitative estimate of drug-likeness (QED) is 0.604. The largest absolute Gasteiger partial charge is 0.332 e. The Morgan fingerprint density at radius 1 is 0.920 bits per heavy atom. The molecule has 2 unspecified atom stereocenters. The third-order valence-electron chi connectivity index (χ3n) is 5.24. The summed E-state index contributed by atoms with van der Waals surface area (Å²) in [4.78, 5) is 15.2. The highest BCUT2D eigenvalue weighted by atomic mass is 35.5. The van der Waals surface area contributed by atoms with E-state index in [1.807, 2.05) is 30.3 Å². The van der Waals surface area contributed by atoms with Crippen molar-refractivity contribution >= 4 is 40.7 Å². The maximum absolute atomic E-state index is 13.2. The molecule has 1 amide bonds. The van der Waals surface area contributed by atoms with Crippen molar-refractivity contribution in [2.75, 3.05) is 0 Å². The van der Waals surface area contributed by atoms with Crippen LogP contribution >= 0.6 is 34.8 Å². The highest BCUT2D eigenvalue weighted by Crippen LogP contribution is 2.47. The molecule has 0 N–H and O–H groups in total. The van der Waals surface area contributed by atoms with Gasteiger partial charge >= 0.3 is 0 Å². The molecule has 2 aliphatic carbocycles. The van der Waals surface area contributed by atoms with E-state index in [0.29, 0.717) is 26.7 Å². The highest BCUT2D eigenvalue weighted by molar-refractivity contribution is 6.35. The van der Waals surface area contributed by atoms with E-state index in [2.05, 4.69) is 4.90 Å². The highest BCUT2D eigenvalue weighted by Gasteiger charge is 2.46. The van der Waals surface area contributed by atoms with Gasteiger partial charge in [0.15, 0.2) is 0 Å². The summed E-state index contributed by atoms with van der Waals surface area (Å²) >= 11 is 18.7. The second-order valence-corrected chi connectivity index (χ2v) is 8.09. The Bertz CT molecular complexity index is 818. The van der Waals surface area contributed by atoms with Gasteiger partial charge in [0.25, 0.3) is 5.91 Å². The SMILES string of the molecule is O=C(c1ccccc1Cl)N(C1CC1)C1CCC1c1ccc(Cl)cc1Cl. The lowest BCUT2D eigenvalue weighted by molar-refractivity contribution is 0.0496. The van der Waals surface area contributed by atoms with Crippen LogP contribution in [0.2, 0.25) is 15.1 Å². The van der Waals surface area contributed by atoms with Gasteiger partial charge in [-0.3, -0.25) is 4.79 Å². The monoisotopic (exact) mass is 393 g/mol. The average Bonchev–Trinajstić information content (AvgIpc) is 3.38. The van der Waals surface area contributed by atoms with Crippen LogP contribution in [0, 0.1) is 0 Å². The fourth-order valence-corrected chi connectivity index (χ4v) is 4.46. The zero-order chi connectivity index (χ0) is 17.6. The van der Waals surface area contributed by atoms with Crippen molar-refractivity contribution in [3.63, 3.8) is 0 Å². The summed E-state index contributed by atoms with van der Waals surface area (Å²) < 4.78 is 0. The number of benzene rings is 2. The molecule has 130 valence electrons. The van der Waals surface area contributed by atoms with Gasteiger partial charge in [-0.25, -0.2) is 0 Å². The summed E-state index contributed by atoms with van der Waals surface area (Å²) in [6.07, 6.45) is 4.16. The predicted molar refractivity (Wildman–Crippen MR) is 103 cm³/mol. The summed E-state index contributed by atoms with van der Waals surface area (Å²) in [5.74, 6) is 0.296. The summed E-state index contributed by atoms with van der Waals surface area (Å²) in [6, 6.07) is 13.4. The van der Waals surface area contributed by atoms with E-state index in [-0.39, 0.29) is 17.9 Å². The maximum atomic E-state index is 13.2. The fourth-order valence-electron chi connectivity index (χ4n) is 3.69. The summed E-state index contributed by atoms with van der Waals surface area (Å²) in [5.41, 5.74) is 1.67. The number of carbonyl (C=O) groups excluding carboxylic acids is 1. The van der Waals surface area contributed by atoms with E-state index in [1.165, 1.54) is 0 Å². The standard InChI is InChI=1S/C20H18Cl3NO/c21-12-5-8-14(18(23)11-12)15-9-10-19(15)24(13-6-7-13)20(25)16-3-1-2-4-17(16)22/h1-5,8,11,13,15,19H,6-7,9-10H2. The van der Waals surface area contributed by atoms with E-state index in [1.54, 1.807) is 12.1 Å². The van der Waals surface area contributed by atoms with Crippen molar-refractivity contribution in [3.8, 4) is 0 Å². The lowest BCUT2D eigenvalue weighted by atomic mass is 9.73. The maximum Gasteiger partial charge on any atom is 0.255 e. The minimum atomic E-state index is 0.0351. The van der Waals surface area contributed by atoms with Gasteiger partial charge in [0.1, 0.15) is 0 Å². The van der Waals surface area contributed by atoms with Crippen molar-refractivity contribution in [2.24, 2.45) is 0 Å². The van der Waals surface area contributed by atoms with Crippen molar-refractivity contribution in [3.05, 3.63) is 68.7 Å². The van der Waals surface area contributed by atoms with Crippen molar-refractivity contribution in [2.45, 2.75) is 43.7 Å². The summed E-state index contributed by atoms with van der Waals surface area (Å²) in [6.45, 7) is 0. The Kier molecular flexibility index (Phi) is 4.70. The molecule has 2 atom stereocenters. The Hall–Kier alpha value is -1.22. The van der Waals surface area contributed by atoms with Crippen LogP contribution in [0.4, 0.5) is 0 Å². The van der Waals surface area contributed by atoms with Gasteiger partial charge in [-0.05, 0) is 55.5 Å². The van der Waals surface area contributed by atoms with Crippen molar-refractivity contribution in [1.82, 2.24) is 4.90 Å². The first-order valence-corrected chi connectivity index (χ1v) is 9.72. The molecule has 2 aliphatic rings. The summed E-state index contributed by atoms with van der Waals surface area (Å²) in [5, 5.41) is 1.83. The first kappa shape index (κ1) is 17.2. The molecule has 0 heterocycles. The molecular formula is C20H18Cl3NO. The fraction of sp³-hybridized carbons (Fsp3) is 0.350. The number of hydrogen-bond donors (Lipinski definition) is 0. The van der Waals surface area contributed by atoms with Gasteiger partial charge < -0.3 is 4.90 Å². The smallest absolute Gasteiger partial charge is 0.255 e. The van der Waals surface area contributed by atoms with Crippen LogP contribution in [-0.2, 0) is 0 Å². The van der Waals surface area contributed by atoms with Gasteiger partial charge in [-0.15, -0.1) is 0 Å². The zero-order valence-corrected chi connectivity index (χ0v) is 15.9. The Labute approximate surface area is 162 Å². The van der Waals surface area contributed by atoms with Crippen LogP contribution in [0.1, 0.15) is 47.5 Å². The van der Waals surface area contributed by atoms with E-state index in [0.717, 1.165) is 31.2 Å². The molecule has 4 rings (SSSR count). The van der Waals surface area contributed by atoms with Crippen LogP contribution in [0.25, 0.3) is 0 Å². The van der Waals surface area contributed by atoms with Crippen molar-refractivity contribution < 1.29 is 4.79 Å².